The largest absolute Gasteiger partial charge is 0.507 e. The van der Waals surface area contributed by atoms with Crippen molar-refractivity contribution in [3.05, 3.63) is 45.3 Å². The van der Waals surface area contributed by atoms with Crippen LogP contribution in [0.5, 0.6) is 5.75 Å². The second-order valence-electron chi connectivity index (χ2n) is 4.84. The molecule has 8 heteroatoms. The number of nitrogens with zero attached hydrogens (tertiary/aromatic N) is 3. The fourth-order valence-corrected chi connectivity index (χ4v) is 2.00. The lowest BCUT2D eigenvalue weighted by atomic mass is 10.2. The Kier molecular flexibility index (Phi) is 4.11. The summed E-state index contributed by atoms with van der Waals surface area (Å²) < 4.78 is 6.32. The third-order valence-corrected chi connectivity index (χ3v) is 2.98. The number of carbonyl (C=O) groups excluding carboxylic acids is 1. The number of amides is 1. The molecule has 0 unspecified atom stereocenters. The smallest absolute Gasteiger partial charge is 0.348 e. The van der Waals surface area contributed by atoms with Gasteiger partial charge in [-0.05, 0) is 26.8 Å². The first-order valence-corrected chi connectivity index (χ1v) is 6.49. The van der Waals surface area contributed by atoms with E-state index in [1.165, 1.54) is 17.7 Å². The van der Waals surface area contributed by atoms with E-state index in [9.17, 15) is 14.7 Å². The number of hydrogen-bond donors (Lipinski definition) is 2. The summed E-state index contributed by atoms with van der Waals surface area (Å²) in [5.41, 5.74) is 2.67. The van der Waals surface area contributed by atoms with E-state index < -0.39 is 11.5 Å². The van der Waals surface area contributed by atoms with Crippen molar-refractivity contribution < 1.29 is 14.3 Å². The monoisotopic (exact) mass is 304 g/mol. The maximum Gasteiger partial charge on any atom is 0.348 e. The summed E-state index contributed by atoms with van der Waals surface area (Å²) >= 11 is 0. The van der Waals surface area contributed by atoms with E-state index in [1.54, 1.807) is 27.0 Å². The molecule has 0 radical (unpaired) electrons. The van der Waals surface area contributed by atoms with Gasteiger partial charge in [0.2, 0.25) is 0 Å². The van der Waals surface area contributed by atoms with Crippen LogP contribution in [-0.2, 0) is 7.05 Å². The number of aromatic nitrogens is 2. The number of nitrogens with one attached hydrogen (secondary N) is 1. The molecule has 116 valence electrons. The molecule has 1 amide bonds. The van der Waals surface area contributed by atoms with Gasteiger partial charge in [-0.1, -0.05) is 0 Å². The highest BCUT2D eigenvalue weighted by molar-refractivity contribution is 6.02. The zero-order valence-electron chi connectivity index (χ0n) is 12.7. The van der Waals surface area contributed by atoms with E-state index in [-0.39, 0.29) is 22.8 Å². The predicted molar refractivity (Wildman–Crippen MR) is 79.0 cm³/mol. The predicted octanol–water partition coefficient (Wildman–Crippen LogP) is 0.850. The van der Waals surface area contributed by atoms with Crippen molar-refractivity contribution >= 4 is 11.6 Å². The van der Waals surface area contributed by atoms with Crippen LogP contribution < -0.4 is 11.1 Å². The van der Waals surface area contributed by atoms with Gasteiger partial charge in [-0.3, -0.25) is 9.48 Å². The van der Waals surface area contributed by atoms with Gasteiger partial charge in [0.25, 0.3) is 5.91 Å². The lowest BCUT2D eigenvalue weighted by Gasteiger charge is -2.04. The third-order valence-electron chi connectivity index (χ3n) is 2.98. The summed E-state index contributed by atoms with van der Waals surface area (Å²) in [6.45, 7) is 4.79. The third kappa shape index (κ3) is 3.05. The fraction of sp³-hybridized carbons (Fsp3) is 0.286. The van der Waals surface area contributed by atoms with Gasteiger partial charge in [0.15, 0.2) is 0 Å². The van der Waals surface area contributed by atoms with Gasteiger partial charge in [-0.25, -0.2) is 10.2 Å². The van der Waals surface area contributed by atoms with Crippen LogP contribution in [0.4, 0.5) is 0 Å². The minimum atomic E-state index is -0.718. The molecule has 0 aliphatic carbocycles. The summed E-state index contributed by atoms with van der Waals surface area (Å²) in [5, 5.41) is 17.7. The number of rotatable bonds is 3. The molecule has 2 heterocycles. The van der Waals surface area contributed by atoms with E-state index >= 15 is 0 Å². The Hall–Kier alpha value is -2.90. The van der Waals surface area contributed by atoms with Gasteiger partial charge in [-0.15, -0.1) is 0 Å². The van der Waals surface area contributed by atoms with Crippen LogP contribution >= 0.6 is 0 Å². The second-order valence-corrected chi connectivity index (χ2v) is 4.84. The Balaban J connectivity index is 2.26. The van der Waals surface area contributed by atoms with E-state index in [0.29, 0.717) is 11.4 Å². The Morgan fingerprint density at radius 3 is 2.64 bits per heavy atom. The Bertz CT molecular complexity index is 817. The topological polar surface area (TPSA) is 110 Å². The van der Waals surface area contributed by atoms with Crippen LogP contribution in [0.25, 0.3) is 0 Å². The van der Waals surface area contributed by atoms with Crippen molar-refractivity contribution in [1.29, 1.82) is 0 Å². The molecule has 0 aromatic carbocycles. The molecule has 0 spiro atoms. The second kappa shape index (κ2) is 5.84. The number of hydrogen-bond acceptors (Lipinski definition) is 6. The molecule has 2 rings (SSSR count). The van der Waals surface area contributed by atoms with Crippen LogP contribution in [0.15, 0.2) is 26.4 Å². The molecule has 0 fully saturated rings. The van der Waals surface area contributed by atoms with Crippen molar-refractivity contribution in [2.45, 2.75) is 20.8 Å². The van der Waals surface area contributed by atoms with Gasteiger partial charge in [0.1, 0.15) is 22.8 Å². The van der Waals surface area contributed by atoms with Crippen LogP contribution in [0.1, 0.15) is 34.4 Å². The van der Waals surface area contributed by atoms with E-state index in [4.69, 9.17) is 4.42 Å². The molecule has 2 N–H and O–H groups in total. The SMILES string of the molecule is C/C(=N\NC(=O)c1cc(C)nn1C)c1c(O)cc(C)oc1=O. The number of hydrazone groups is 1. The van der Waals surface area contributed by atoms with Crippen LogP contribution in [0.2, 0.25) is 0 Å². The molecule has 0 aliphatic rings. The maximum atomic E-state index is 12.0. The highest BCUT2D eigenvalue weighted by atomic mass is 16.4. The normalized spacial score (nSPS) is 11.5. The van der Waals surface area contributed by atoms with Crippen LogP contribution in [0.3, 0.4) is 0 Å². The molecule has 0 atom stereocenters. The summed E-state index contributed by atoms with van der Waals surface area (Å²) in [4.78, 5) is 23.7. The van der Waals surface area contributed by atoms with Crippen molar-refractivity contribution in [2.75, 3.05) is 0 Å². The number of aryl methyl sites for hydroxylation is 3. The van der Waals surface area contributed by atoms with Gasteiger partial charge >= 0.3 is 5.63 Å². The highest BCUT2D eigenvalue weighted by Gasteiger charge is 2.15. The van der Waals surface area contributed by atoms with Crippen molar-refractivity contribution in [2.24, 2.45) is 12.1 Å². The zero-order chi connectivity index (χ0) is 16.4. The molecule has 0 aliphatic heterocycles. The summed E-state index contributed by atoms with van der Waals surface area (Å²) in [7, 11) is 1.64. The van der Waals surface area contributed by atoms with Gasteiger partial charge in [0, 0.05) is 13.1 Å². The summed E-state index contributed by atoms with van der Waals surface area (Å²) in [5.74, 6) is -0.437. The summed E-state index contributed by atoms with van der Waals surface area (Å²) in [6, 6.07) is 2.92. The average molecular weight is 304 g/mol. The van der Waals surface area contributed by atoms with E-state index in [0.717, 1.165) is 0 Å². The molecule has 0 bridgehead atoms. The van der Waals surface area contributed by atoms with Crippen molar-refractivity contribution in [3.8, 4) is 5.75 Å². The molecular weight excluding hydrogens is 288 g/mol. The van der Waals surface area contributed by atoms with Crippen LogP contribution in [0, 0.1) is 13.8 Å². The lowest BCUT2D eigenvalue weighted by Crippen LogP contribution is -2.23. The fourth-order valence-electron chi connectivity index (χ4n) is 2.00. The molecule has 0 saturated carbocycles. The van der Waals surface area contributed by atoms with Gasteiger partial charge < -0.3 is 9.52 Å². The van der Waals surface area contributed by atoms with Gasteiger partial charge in [-0.2, -0.15) is 10.2 Å². The summed E-state index contributed by atoms with van der Waals surface area (Å²) in [6.07, 6.45) is 0. The zero-order valence-corrected chi connectivity index (χ0v) is 12.7. The minimum absolute atomic E-state index is 0.0907. The minimum Gasteiger partial charge on any atom is -0.507 e. The Labute approximate surface area is 126 Å². The lowest BCUT2D eigenvalue weighted by molar-refractivity contribution is 0.0945. The van der Waals surface area contributed by atoms with Crippen molar-refractivity contribution in [3.63, 3.8) is 0 Å². The molecule has 2 aromatic heterocycles. The number of aromatic hydroxyl groups is 1. The Morgan fingerprint density at radius 1 is 1.41 bits per heavy atom. The molecule has 8 nitrogen and oxygen atoms in total. The molecular formula is C14H16N4O4. The Morgan fingerprint density at radius 2 is 2.09 bits per heavy atom. The first-order chi connectivity index (χ1) is 10.3. The standard InChI is InChI=1S/C14H16N4O4/c1-7-5-10(18(4)17-7)13(20)16-15-9(3)12-11(19)6-8(2)22-14(12)21/h5-6,19H,1-4H3,(H,16,20)/b15-9+. The van der Waals surface area contributed by atoms with E-state index in [1.807, 2.05) is 0 Å². The van der Waals surface area contributed by atoms with Gasteiger partial charge in [0.05, 0.1) is 11.4 Å². The highest BCUT2D eigenvalue weighted by Crippen LogP contribution is 2.15. The maximum absolute atomic E-state index is 12.0. The molecule has 22 heavy (non-hydrogen) atoms. The number of carbonyl (C=O) groups is 1. The molecule has 2 aromatic rings. The van der Waals surface area contributed by atoms with E-state index in [2.05, 4.69) is 15.6 Å². The first-order valence-electron chi connectivity index (χ1n) is 6.49. The molecule has 0 saturated heterocycles. The van der Waals surface area contributed by atoms with Crippen molar-refractivity contribution in [1.82, 2.24) is 15.2 Å². The first kappa shape index (κ1) is 15.5. The van der Waals surface area contributed by atoms with Crippen LogP contribution in [-0.4, -0.2) is 26.5 Å². The average Bonchev–Trinajstić information content (AvgIpc) is 2.74. The quantitative estimate of drug-likeness (QED) is 0.645.